The highest BCUT2D eigenvalue weighted by atomic mass is 16.5. The number of benzene rings is 1. The van der Waals surface area contributed by atoms with Crippen LogP contribution in [0.25, 0.3) is 0 Å². The van der Waals surface area contributed by atoms with Gasteiger partial charge in [-0.05, 0) is 50.3 Å². The lowest BCUT2D eigenvalue weighted by atomic mass is 9.95. The molecule has 3 N–H and O–H groups in total. The average molecular weight is 688 g/mol. The van der Waals surface area contributed by atoms with Gasteiger partial charge in [-0.15, -0.1) is 5.92 Å². The molecule has 0 spiro atoms. The first-order valence-electron chi connectivity index (χ1n) is 17.1. The van der Waals surface area contributed by atoms with Gasteiger partial charge in [-0.25, -0.2) is 9.59 Å². The highest BCUT2D eigenvalue weighted by Gasteiger charge is 2.38. The number of carbonyl (C=O) groups excluding carboxylic acids is 4. The number of aliphatic hydroxyl groups is 1. The molecule has 274 valence electrons. The number of allylic oxidation sites excluding steroid dienone is 1. The van der Waals surface area contributed by atoms with Gasteiger partial charge < -0.3 is 29.7 Å². The zero-order valence-electron chi connectivity index (χ0n) is 29.8. The fourth-order valence-electron chi connectivity index (χ4n) is 4.74. The first kappa shape index (κ1) is 44.8. The molecule has 2 atom stereocenters. The lowest BCUT2D eigenvalue weighted by molar-refractivity contribution is -0.168. The Kier molecular flexibility index (Phi) is 26.4. The summed E-state index contributed by atoms with van der Waals surface area (Å²) in [7, 11) is 2.38. The third kappa shape index (κ3) is 22.9. The van der Waals surface area contributed by atoms with Crippen molar-refractivity contribution in [1.82, 2.24) is 5.32 Å². The van der Waals surface area contributed by atoms with Crippen molar-refractivity contribution in [2.24, 2.45) is 0 Å². The van der Waals surface area contributed by atoms with Gasteiger partial charge in [-0.1, -0.05) is 82.1 Å². The second kappa shape index (κ2) is 28.8. The fourth-order valence-corrected chi connectivity index (χ4v) is 4.74. The summed E-state index contributed by atoms with van der Waals surface area (Å²) in [5, 5.41) is 21.5. The Morgan fingerprint density at radius 1 is 0.898 bits per heavy atom. The molecule has 0 radical (unpaired) electrons. The molecule has 0 bridgehead atoms. The van der Waals surface area contributed by atoms with Crippen molar-refractivity contribution in [3.8, 4) is 17.6 Å². The number of aliphatic carboxylic acids is 1. The van der Waals surface area contributed by atoms with Crippen molar-refractivity contribution >= 4 is 30.1 Å². The van der Waals surface area contributed by atoms with Crippen LogP contribution in [-0.4, -0.2) is 72.8 Å². The predicted octanol–water partition coefficient (Wildman–Crippen LogP) is 5.89. The minimum Gasteiger partial charge on any atom is -0.481 e. The van der Waals surface area contributed by atoms with Crippen LogP contribution in [0.5, 0.6) is 5.75 Å². The maximum absolute atomic E-state index is 11.8. The van der Waals surface area contributed by atoms with E-state index < -0.39 is 36.0 Å². The second-order valence-electron chi connectivity index (χ2n) is 11.7. The lowest BCUT2D eigenvalue weighted by Crippen LogP contribution is -2.41. The molecule has 49 heavy (non-hydrogen) atoms. The molecule has 0 saturated heterocycles. The van der Waals surface area contributed by atoms with Gasteiger partial charge in [0.25, 0.3) is 0 Å². The Bertz CT molecular complexity index is 1190. The molecule has 0 saturated carbocycles. The Labute approximate surface area is 292 Å². The summed E-state index contributed by atoms with van der Waals surface area (Å²) >= 11 is 0. The summed E-state index contributed by atoms with van der Waals surface area (Å²) in [6.07, 6.45) is 17.3. The van der Waals surface area contributed by atoms with Crippen LogP contribution in [0.1, 0.15) is 116 Å². The number of ketones is 1. The highest BCUT2D eigenvalue weighted by Crippen LogP contribution is 2.20. The van der Waals surface area contributed by atoms with Crippen LogP contribution in [0.2, 0.25) is 0 Å². The number of carboxylic acid groups (broad SMARTS) is 1. The summed E-state index contributed by atoms with van der Waals surface area (Å²) in [5.74, 6) is 4.00. The lowest BCUT2D eigenvalue weighted by Gasteiger charge is -2.22. The van der Waals surface area contributed by atoms with Crippen molar-refractivity contribution in [2.75, 3.05) is 20.8 Å². The molecule has 0 aliphatic heterocycles. The minimum atomic E-state index is -1.89. The van der Waals surface area contributed by atoms with Gasteiger partial charge in [0.05, 0.1) is 20.6 Å². The van der Waals surface area contributed by atoms with Crippen LogP contribution in [0.15, 0.2) is 36.4 Å². The van der Waals surface area contributed by atoms with E-state index >= 15 is 0 Å². The second-order valence-corrected chi connectivity index (χ2v) is 11.7. The molecule has 0 heterocycles. The van der Waals surface area contributed by atoms with E-state index in [1.165, 1.54) is 39.9 Å². The predicted molar refractivity (Wildman–Crippen MR) is 188 cm³/mol. The number of unbranched alkanes of at least 4 members (excludes halogenated alkanes) is 9. The molecule has 1 unspecified atom stereocenters. The first-order valence-corrected chi connectivity index (χ1v) is 17.1. The fraction of sp³-hybridized carbons (Fsp3) is 0.605. The number of amides is 1. The number of carbonyl (C=O) groups is 5. The molecule has 0 aromatic heterocycles. The molecule has 0 aliphatic rings. The molecule has 0 aliphatic carbocycles. The van der Waals surface area contributed by atoms with E-state index in [0.29, 0.717) is 31.0 Å². The quantitative estimate of drug-likeness (QED) is 0.0352. The SMILES string of the molecule is CC#CCOc1ccc(CC(NC=O)C(=O)O)cc1.CCCCCCCC(=O)CCCCCCC/C=C/C[C@@](O)(CC(=O)OC)C(=O)OC. The Morgan fingerprint density at radius 3 is 2.06 bits per heavy atom. The Hall–Kier alpha value is -4.17. The monoisotopic (exact) mass is 687 g/mol. The molecule has 0 fully saturated rings. The van der Waals surface area contributed by atoms with E-state index in [0.717, 1.165) is 56.9 Å². The van der Waals surface area contributed by atoms with Crippen LogP contribution in [-0.2, 0) is 39.9 Å². The van der Waals surface area contributed by atoms with Crippen molar-refractivity contribution in [1.29, 1.82) is 0 Å². The van der Waals surface area contributed by atoms with Crippen molar-refractivity contribution in [2.45, 2.75) is 128 Å². The molecule has 1 amide bonds. The number of hydrogen-bond acceptors (Lipinski definition) is 9. The van der Waals surface area contributed by atoms with Gasteiger partial charge in [0.15, 0.2) is 5.60 Å². The van der Waals surface area contributed by atoms with E-state index in [-0.39, 0.29) is 12.8 Å². The third-order valence-electron chi connectivity index (χ3n) is 7.66. The Balaban J connectivity index is 0.00000104. The zero-order chi connectivity index (χ0) is 36.8. The minimum absolute atomic E-state index is 0.00926. The van der Waals surface area contributed by atoms with Crippen LogP contribution in [0, 0.1) is 11.8 Å². The molecule has 1 aromatic rings. The molecule has 11 heteroatoms. The van der Waals surface area contributed by atoms with Gasteiger partial charge in [0, 0.05) is 25.7 Å². The first-order chi connectivity index (χ1) is 23.6. The van der Waals surface area contributed by atoms with Crippen LogP contribution in [0.4, 0.5) is 0 Å². The summed E-state index contributed by atoms with van der Waals surface area (Å²) in [6, 6.07) is 6.09. The number of ether oxygens (including phenoxy) is 3. The number of Topliss-reactive ketones (excluding diaryl/α,β-unsaturated/α-hetero) is 1. The van der Waals surface area contributed by atoms with E-state index in [1.807, 2.05) is 6.08 Å². The normalized spacial score (nSPS) is 12.3. The van der Waals surface area contributed by atoms with E-state index in [2.05, 4.69) is 33.6 Å². The number of nitrogens with one attached hydrogen (secondary N) is 1. The molecule has 11 nitrogen and oxygen atoms in total. The van der Waals surface area contributed by atoms with Crippen molar-refractivity contribution in [3.05, 3.63) is 42.0 Å². The highest BCUT2D eigenvalue weighted by molar-refractivity contribution is 5.85. The maximum Gasteiger partial charge on any atom is 0.338 e. The average Bonchev–Trinajstić information content (AvgIpc) is 3.09. The zero-order valence-corrected chi connectivity index (χ0v) is 29.8. The summed E-state index contributed by atoms with van der Waals surface area (Å²) in [5.41, 5.74) is -1.09. The summed E-state index contributed by atoms with van der Waals surface area (Å²) in [6.45, 7) is 4.25. The number of hydrogen-bond donors (Lipinski definition) is 3. The third-order valence-corrected chi connectivity index (χ3v) is 7.66. The van der Waals surface area contributed by atoms with Gasteiger partial charge in [-0.2, -0.15) is 0 Å². The molecule has 1 aromatic carbocycles. The number of rotatable bonds is 26. The largest absolute Gasteiger partial charge is 0.481 e. The van der Waals surface area contributed by atoms with Gasteiger partial charge in [0.2, 0.25) is 6.41 Å². The van der Waals surface area contributed by atoms with Gasteiger partial charge >= 0.3 is 17.9 Å². The Morgan fingerprint density at radius 2 is 1.51 bits per heavy atom. The number of carboxylic acids is 1. The molecule has 1 rings (SSSR count). The van der Waals surface area contributed by atoms with Crippen molar-refractivity contribution < 1.29 is 48.4 Å². The van der Waals surface area contributed by atoms with E-state index in [1.54, 1.807) is 37.3 Å². The topological polar surface area (TPSA) is 166 Å². The van der Waals surface area contributed by atoms with E-state index in [9.17, 15) is 29.1 Å². The standard InChI is InChI=1S/C24H42O6.C14H15NO4/c1-4-5-6-11-14-17-21(25)18-15-12-9-7-8-10-13-16-19-24(28,23(27)30-3)20-22(26)29-2;1-2-3-8-19-12-6-4-11(5-7-12)9-13(14(17)18)15-10-16/h13,16,28H,4-12,14-15,17-20H2,1-3H3;4-7,10,13H,8-9H2,1H3,(H,15,16)(H,17,18)/b16-13+;/t24-;/m1./s1. The van der Waals surface area contributed by atoms with Crippen LogP contribution < -0.4 is 10.1 Å². The molecular weight excluding hydrogens is 630 g/mol. The van der Waals surface area contributed by atoms with Crippen LogP contribution >= 0.6 is 0 Å². The van der Waals surface area contributed by atoms with Gasteiger partial charge in [0.1, 0.15) is 24.2 Å². The maximum atomic E-state index is 11.8. The molecular formula is C38H57NO10. The number of methoxy groups -OCH3 is 2. The smallest absolute Gasteiger partial charge is 0.338 e. The van der Waals surface area contributed by atoms with E-state index in [4.69, 9.17) is 9.84 Å². The number of esters is 2. The van der Waals surface area contributed by atoms with Crippen LogP contribution in [0.3, 0.4) is 0 Å². The summed E-state index contributed by atoms with van der Waals surface area (Å²) < 4.78 is 14.5. The summed E-state index contributed by atoms with van der Waals surface area (Å²) in [4.78, 5) is 56.2. The van der Waals surface area contributed by atoms with Crippen molar-refractivity contribution in [3.63, 3.8) is 0 Å². The van der Waals surface area contributed by atoms with Gasteiger partial charge in [-0.3, -0.25) is 14.4 Å².